The van der Waals surface area contributed by atoms with Crippen LogP contribution in [0.15, 0.2) is 54.6 Å². The number of hydrazine groups is 1. The number of carbonyl (C=O) groups is 1. The van der Waals surface area contributed by atoms with Crippen LogP contribution in [0.4, 0.5) is 5.69 Å². The molecule has 0 radical (unpaired) electrons. The first-order valence-electron chi connectivity index (χ1n) is 11.7. The van der Waals surface area contributed by atoms with Crippen LogP contribution in [-0.4, -0.2) is 75.1 Å². The van der Waals surface area contributed by atoms with Gasteiger partial charge in [0.05, 0.1) is 12.5 Å². The summed E-state index contributed by atoms with van der Waals surface area (Å²) in [6, 6.07) is 19.2. The van der Waals surface area contributed by atoms with E-state index in [4.69, 9.17) is 5.73 Å². The number of nitrogens with two attached hydrogens (primary N) is 1. The minimum atomic E-state index is 0.219. The molecule has 2 atom stereocenters. The Morgan fingerprint density at radius 1 is 1.06 bits per heavy atom. The molecule has 2 unspecified atom stereocenters. The van der Waals surface area contributed by atoms with Crippen molar-refractivity contribution in [3.63, 3.8) is 0 Å². The van der Waals surface area contributed by atoms with Crippen LogP contribution in [0.2, 0.25) is 0 Å². The van der Waals surface area contributed by atoms with Crippen molar-refractivity contribution in [3.05, 3.63) is 65.7 Å². The third-order valence-corrected chi connectivity index (χ3v) is 6.60. The van der Waals surface area contributed by atoms with Gasteiger partial charge in [0.2, 0.25) is 5.91 Å². The first-order chi connectivity index (χ1) is 15.6. The molecule has 2 fully saturated rings. The lowest BCUT2D eigenvalue weighted by Crippen LogP contribution is -2.49. The molecule has 2 aromatic rings. The van der Waals surface area contributed by atoms with Gasteiger partial charge < -0.3 is 20.4 Å². The molecule has 0 aromatic heterocycles. The zero-order valence-corrected chi connectivity index (χ0v) is 19.0. The highest BCUT2D eigenvalue weighted by Crippen LogP contribution is 2.27. The highest BCUT2D eigenvalue weighted by Gasteiger charge is 2.29. The molecule has 2 aromatic carbocycles. The molecule has 7 heteroatoms. The number of rotatable bonds is 8. The summed E-state index contributed by atoms with van der Waals surface area (Å²) in [6.45, 7) is 6.87. The molecule has 0 saturated carbocycles. The lowest BCUT2D eigenvalue weighted by molar-refractivity contribution is -0.130. The monoisotopic (exact) mass is 436 g/mol. The molecule has 2 saturated heterocycles. The second-order valence-corrected chi connectivity index (χ2v) is 8.94. The Labute approximate surface area is 191 Å². The van der Waals surface area contributed by atoms with E-state index in [0.717, 1.165) is 51.4 Å². The predicted octanol–water partition coefficient (Wildman–Crippen LogP) is 1.23. The Morgan fingerprint density at radius 3 is 2.47 bits per heavy atom. The van der Waals surface area contributed by atoms with E-state index in [2.05, 4.69) is 52.0 Å². The minimum Gasteiger partial charge on any atom is -0.368 e. The molecule has 2 aliphatic rings. The zero-order valence-electron chi connectivity index (χ0n) is 19.0. The van der Waals surface area contributed by atoms with E-state index in [1.807, 2.05) is 35.2 Å². The van der Waals surface area contributed by atoms with E-state index in [1.165, 1.54) is 11.3 Å². The summed E-state index contributed by atoms with van der Waals surface area (Å²) in [5, 5.41) is 0. The van der Waals surface area contributed by atoms with Crippen molar-refractivity contribution in [2.24, 2.45) is 11.7 Å². The second kappa shape index (κ2) is 10.9. The number of nitrogens with zero attached hydrogens (tertiary/aromatic N) is 3. The van der Waals surface area contributed by atoms with Crippen molar-refractivity contribution in [2.45, 2.75) is 12.5 Å². The van der Waals surface area contributed by atoms with E-state index < -0.39 is 0 Å². The summed E-state index contributed by atoms with van der Waals surface area (Å²) in [5.41, 5.74) is 16.1. The molecule has 172 valence electrons. The van der Waals surface area contributed by atoms with Gasteiger partial charge in [-0.1, -0.05) is 42.5 Å². The van der Waals surface area contributed by atoms with Gasteiger partial charge in [0.15, 0.2) is 0 Å². The Hall–Kier alpha value is -2.45. The van der Waals surface area contributed by atoms with E-state index in [0.29, 0.717) is 24.9 Å². The average Bonchev–Trinajstić information content (AvgIpc) is 3.28. The van der Waals surface area contributed by atoms with Crippen molar-refractivity contribution < 1.29 is 4.79 Å². The molecule has 0 bridgehead atoms. The van der Waals surface area contributed by atoms with Crippen LogP contribution < -0.4 is 21.5 Å². The maximum absolute atomic E-state index is 12.6. The number of likely N-dealkylation sites (N-methyl/N-ethyl adjacent to an activating group) is 1. The number of carbonyl (C=O) groups excluding carboxylic acids is 1. The molecule has 32 heavy (non-hydrogen) atoms. The van der Waals surface area contributed by atoms with Gasteiger partial charge in [-0.2, -0.15) is 0 Å². The van der Waals surface area contributed by atoms with Gasteiger partial charge in [0.25, 0.3) is 0 Å². The largest absolute Gasteiger partial charge is 0.368 e. The van der Waals surface area contributed by atoms with Gasteiger partial charge in [-0.3, -0.25) is 10.2 Å². The number of amides is 1. The zero-order chi connectivity index (χ0) is 22.3. The van der Waals surface area contributed by atoms with Crippen LogP contribution in [-0.2, 0) is 11.2 Å². The van der Waals surface area contributed by atoms with Crippen LogP contribution >= 0.6 is 0 Å². The third kappa shape index (κ3) is 5.66. The van der Waals surface area contributed by atoms with E-state index in [1.54, 1.807) is 0 Å². The SMILES string of the molecule is CN(CCN)CC1CNNC1c1ccc(N2CCN(C(=O)Cc3ccccc3)CC2)cc1. The fourth-order valence-electron chi connectivity index (χ4n) is 4.76. The molecule has 1 amide bonds. The predicted molar refractivity (Wildman–Crippen MR) is 129 cm³/mol. The van der Waals surface area contributed by atoms with Crippen LogP contribution in [0.3, 0.4) is 0 Å². The number of nitrogens with one attached hydrogen (secondary N) is 2. The summed E-state index contributed by atoms with van der Waals surface area (Å²) < 4.78 is 0. The number of anilines is 1. The first-order valence-corrected chi connectivity index (χ1v) is 11.7. The van der Waals surface area contributed by atoms with E-state index in [-0.39, 0.29) is 5.91 Å². The summed E-state index contributed by atoms with van der Waals surface area (Å²) in [4.78, 5) is 19.3. The molecule has 2 heterocycles. The highest BCUT2D eigenvalue weighted by atomic mass is 16.2. The fourth-order valence-corrected chi connectivity index (χ4v) is 4.76. The quantitative estimate of drug-likeness (QED) is 0.578. The topological polar surface area (TPSA) is 76.9 Å². The van der Waals surface area contributed by atoms with Crippen molar-refractivity contribution in [3.8, 4) is 0 Å². The number of benzene rings is 2. The van der Waals surface area contributed by atoms with E-state index >= 15 is 0 Å². The molecule has 4 N–H and O–H groups in total. The Bertz CT molecular complexity index is 850. The first kappa shape index (κ1) is 22.7. The van der Waals surface area contributed by atoms with Gasteiger partial charge >= 0.3 is 0 Å². The molecule has 0 spiro atoms. The van der Waals surface area contributed by atoms with Gasteiger partial charge in [-0.15, -0.1) is 0 Å². The molecule has 0 aliphatic carbocycles. The lowest BCUT2D eigenvalue weighted by atomic mass is 9.94. The molecular weight excluding hydrogens is 400 g/mol. The van der Waals surface area contributed by atoms with Gasteiger partial charge in [-0.25, -0.2) is 5.43 Å². The average molecular weight is 437 g/mol. The maximum atomic E-state index is 12.6. The maximum Gasteiger partial charge on any atom is 0.227 e. The van der Waals surface area contributed by atoms with Crippen LogP contribution in [0.1, 0.15) is 17.2 Å². The minimum absolute atomic E-state index is 0.219. The summed E-state index contributed by atoms with van der Waals surface area (Å²) in [6.07, 6.45) is 0.486. The summed E-state index contributed by atoms with van der Waals surface area (Å²) >= 11 is 0. The van der Waals surface area contributed by atoms with Crippen molar-refractivity contribution in [1.29, 1.82) is 0 Å². The van der Waals surface area contributed by atoms with E-state index in [9.17, 15) is 4.79 Å². The van der Waals surface area contributed by atoms with Gasteiger partial charge in [0.1, 0.15) is 0 Å². The van der Waals surface area contributed by atoms with Crippen molar-refractivity contribution >= 4 is 11.6 Å². The van der Waals surface area contributed by atoms with Crippen molar-refractivity contribution in [2.75, 3.05) is 64.3 Å². The Morgan fingerprint density at radius 2 is 1.78 bits per heavy atom. The normalized spacial score (nSPS) is 21.3. The molecule has 4 rings (SSSR count). The van der Waals surface area contributed by atoms with Crippen LogP contribution in [0.5, 0.6) is 0 Å². The molecule has 7 nitrogen and oxygen atoms in total. The number of hydrogen-bond donors (Lipinski definition) is 3. The van der Waals surface area contributed by atoms with Gasteiger partial charge in [-0.05, 0) is 30.3 Å². The lowest BCUT2D eigenvalue weighted by Gasteiger charge is -2.36. The number of hydrogen-bond acceptors (Lipinski definition) is 6. The Balaban J connectivity index is 1.30. The highest BCUT2D eigenvalue weighted by molar-refractivity contribution is 5.79. The van der Waals surface area contributed by atoms with Gasteiger partial charge in [0, 0.05) is 64.0 Å². The fraction of sp³-hybridized carbons (Fsp3) is 0.480. The van der Waals surface area contributed by atoms with Crippen molar-refractivity contribution in [1.82, 2.24) is 20.7 Å². The second-order valence-electron chi connectivity index (χ2n) is 8.94. The standard InChI is InChI=1S/C25H36N6O/c1-29(12-11-26)19-22-18-27-28-25(22)21-7-9-23(10-8-21)30-13-15-31(16-14-30)24(32)17-20-5-3-2-4-6-20/h2-10,22,25,27-28H,11-19,26H2,1H3. The summed E-state index contributed by atoms with van der Waals surface area (Å²) in [7, 11) is 2.13. The summed E-state index contributed by atoms with van der Waals surface area (Å²) in [5.74, 6) is 0.730. The molecular formula is C25H36N6O. The smallest absolute Gasteiger partial charge is 0.227 e. The van der Waals surface area contributed by atoms with Crippen LogP contribution in [0.25, 0.3) is 0 Å². The third-order valence-electron chi connectivity index (χ3n) is 6.60. The van der Waals surface area contributed by atoms with Crippen LogP contribution in [0, 0.1) is 5.92 Å². The number of piperazine rings is 1. The molecule has 2 aliphatic heterocycles. The Kier molecular flexibility index (Phi) is 7.76.